The standard InChI is InChI=1S/C20H17ClN4O2.C20H19N5O2/c2*1-25-20-18(19(21)22-13-23-20)17(24-25)12-27-16-9-5-8-15(10-16)26-11-14-6-3-2-4-7-14/h2-10,13H,11-12H2,1H3;2-10,13H,11-12H2,1H3,(H2,21,22,23). The molecule has 14 heteroatoms. The molecule has 8 aromatic rings. The van der Waals surface area contributed by atoms with Crippen molar-refractivity contribution in [1.82, 2.24) is 39.5 Å². The molecule has 0 aliphatic carbocycles. The number of nitrogens with zero attached hydrogens (tertiary/aromatic N) is 8. The second kappa shape index (κ2) is 16.7. The number of rotatable bonds is 12. The molecular formula is C40H36ClN9O4. The van der Waals surface area contributed by atoms with Crippen molar-refractivity contribution in [2.24, 2.45) is 14.1 Å². The molecule has 8 rings (SSSR count). The quantitative estimate of drug-likeness (QED) is 0.126. The Labute approximate surface area is 315 Å². The summed E-state index contributed by atoms with van der Waals surface area (Å²) in [6.07, 6.45) is 2.85. The molecule has 0 radical (unpaired) electrons. The maximum atomic E-state index is 6.20. The highest BCUT2D eigenvalue weighted by atomic mass is 35.5. The fourth-order valence-corrected chi connectivity index (χ4v) is 5.85. The number of anilines is 1. The van der Waals surface area contributed by atoms with Gasteiger partial charge < -0.3 is 24.7 Å². The summed E-state index contributed by atoms with van der Waals surface area (Å²) in [6.45, 7) is 1.52. The maximum Gasteiger partial charge on any atom is 0.163 e. The smallest absolute Gasteiger partial charge is 0.163 e. The van der Waals surface area contributed by atoms with Crippen molar-refractivity contribution in [2.75, 3.05) is 5.73 Å². The van der Waals surface area contributed by atoms with Gasteiger partial charge in [-0.25, -0.2) is 29.3 Å². The minimum Gasteiger partial charge on any atom is -0.489 e. The van der Waals surface area contributed by atoms with Crippen molar-refractivity contribution in [3.63, 3.8) is 0 Å². The van der Waals surface area contributed by atoms with Crippen LogP contribution in [0.4, 0.5) is 5.82 Å². The Kier molecular flexibility index (Phi) is 11.1. The Morgan fingerprint density at radius 2 is 0.944 bits per heavy atom. The molecular weight excluding hydrogens is 706 g/mol. The van der Waals surface area contributed by atoms with E-state index in [4.69, 9.17) is 36.3 Å². The molecule has 272 valence electrons. The van der Waals surface area contributed by atoms with Gasteiger partial charge in [-0.15, -0.1) is 0 Å². The van der Waals surface area contributed by atoms with Gasteiger partial charge >= 0.3 is 0 Å². The van der Waals surface area contributed by atoms with Crippen molar-refractivity contribution < 1.29 is 18.9 Å². The van der Waals surface area contributed by atoms with Crippen LogP contribution in [-0.4, -0.2) is 39.5 Å². The SMILES string of the molecule is Cn1nc(COc2cccc(OCc3ccccc3)c2)c2c(Cl)ncnc21.Cn1nc(COc2cccc(OCc3ccccc3)c2)c2c(N)ncnc21. The van der Waals surface area contributed by atoms with Crippen LogP contribution in [0.5, 0.6) is 23.0 Å². The average Bonchev–Trinajstić information content (AvgIpc) is 3.72. The van der Waals surface area contributed by atoms with Gasteiger partial charge in [0.1, 0.15) is 84.4 Å². The molecule has 0 saturated carbocycles. The van der Waals surface area contributed by atoms with Crippen molar-refractivity contribution in [3.8, 4) is 23.0 Å². The fraction of sp³-hybridized carbons (Fsp3) is 0.150. The van der Waals surface area contributed by atoms with Crippen molar-refractivity contribution in [2.45, 2.75) is 26.4 Å². The van der Waals surface area contributed by atoms with E-state index in [-0.39, 0.29) is 13.2 Å². The highest BCUT2D eigenvalue weighted by Gasteiger charge is 2.16. The average molecular weight is 742 g/mol. The molecule has 0 atom stereocenters. The summed E-state index contributed by atoms with van der Waals surface area (Å²) in [5, 5.41) is 10.7. The molecule has 0 spiro atoms. The van der Waals surface area contributed by atoms with Crippen LogP contribution in [0.25, 0.3) is 22.1 Å². The van der Waals surface area contributed by atoms with Gasteiger partial charge in [0.25, 0.3) is 0 Å². The van der Waals surface area contributed by atoms with Crippen molar-refractivity contribution in [3.05, 3.63) is 150 Å². The number of hydrogen-bond acceptors (Lipinski definition) is 11. The van der Waals surface area contributed by atoms with E-state index in [1.165, 1.54) is 12.7 Å². The second-order valence-corrected chi connectivity index (χ2v) is 12.4. The van der Waals surface area contributed by atoms with Crippen molar-refractivity contribution in [1.29, 1.82) is 0 Å². The first-order chi connectivity index (χ1) is 26.4. The molecule has 0 fully saturated rings. The van der Waals surface area contributed by atoms with Gasteiger partial charge in [0.05, 0.1) is 10.8 Å². The molecule has 4 aromatic heterocycles. The Hall–Kier alpha value is -6.73. The number of nitrogens with two attached hydrogens (primary N) is 1. The zero-order chi connectivity index (χ0) is 37.3. The van der Waals surface area contributed by atoms with E-state index in [0.29, 0.717) is 63.8 Å². The first-order valence-electron chi connectivity index (χ1n) is 16.9. The van der Waals surface area contributed by atoms with E-state index in [1.807, 2.05) is 123 Å². The van der Waals surface area contributed by atoms with Crippen LogP contribution in [0.3, 0.4) is 0 Å². The Balaban J connectivity index is 0.000000167. The minimum atomic E-state index is 0.257. The number of benzene rings is 4. The van der Waals surface area contributed by atoms with Gasteiger partial charge in [-0.05, 0) is 35.4 Å². The van der Waals surface area contributed by atoms with Gasteiger partial charge in [-0.3, -0.25) is 0 Å². The molecule has 0 saturated heterocycles. The first-order valence-corrected chi connectivity index (χ1v) is 17.3. The third-order valence-electron chi connectivity index (χ3n) is 8.23. The molecule has 54 heavy (non-hydrogen) atoms. The Bertz CT molecular complexity index is 2300. The van der Waals surface area contributed by atoms with Crippen LogP contribution in [-0.2, 0) is 40.5 Å². The lowest BCUT2D eigenvalue weighted by molar-refractivity contribution is 0.287. The van der Waals surface area contributed by atoms with Gasteiger partial charge in [0, 0.05) is 26.2 Å². The van der Waals surface area contributed by atoms with E-state index < -0.39 is 0 Å². The van der Waals surface area contributed by atoms with Crippen molar-refractivity contribution >= 4 is 39.5 Å². The first kappa shape index (κ1) is 35.7. The normalized spacial score (nSPS) is 10.9. The summed E-state index contributed by atoms with van der Waals surface area (Å²) in [6, 6.07) is 35.1. The third-order valence-corrected chi connectivity index (χ3v) is 8.51. The summed E-state index contributed by atoms with van der Waals surface area (Å²) in [7, 11) is 3.63. The molecule has 0 unspecified atom stereocenters. The lowest BCUT2D eigenvalue weighted by atomic mass is 10.2. The number of hydrogen-bond donors (Lipinski definition) is 1. The van der Waals surface area contributed by atoms with Crippen LogP contribution in [0.15, 0.2) is 122 Å². The number of fused-ring (bicyclic) bond motifs is 2. The highest BCUT2D eigenvalue weighted by Crippen LogP contribution is 2.27. The minimum absolute atomic E-state index is 0.257. The van der Waals surface area contributed by atoms with Gasteiger partial charge in [-0.2, -0.15) is 10.2 Å². The highest BCUT2D eigenvalue weighted by molar-refractivity contribution is 6.34. The molecule has 0 aliphatic rings. The molecule has 2 N–H and O–H groups in total. The summed E-state index contributed by atoms with van der Waals surface area (Å²) in [5.41, 5.74) is 10.9. The fourth-order valence-electron chi connectivity index (χ4n) is 5.61. The predicted octanol–water partition coefficient (Wildman–Crippen LogP) is 7.28. The van der Waals surface area contributed by atoms with Gasteiger partial charge in [0.2, 0.25) is 0 Å². The summed E-state index contributed by atoms with van der Waals surface area (Å²) >= 11 is 6.20. The van der Waals surface area contributed by atoms with Crippen LogP contribution < -0.4 is 24.7 Å². The van der Waals surface area contributed by atoms with Crippen LogP contribution in [0.1, 0.15) is 22.5 Å². The number of aryl methyl sites for hydroxylation is 2. The molecule has 4 aromatic carbocycles. The van der Waals surface area contributed by atoms with E-state index >= 15 is 0 Å². The summed E-state index contributed by atoms with van der Waals surface area (Å²) in [4.78, 5) is 16.5. The van der Waals surface area contributed by atoms with Gasteiger partial charge in [-0.1, -0.05) is 84.4 Å². The van der Waals surface area contributed by atoms with Crippen LogP contribution >= 0.6 is 11.6 Å². The molecule has 0 amide bonds. The molecule has 4 heterocycles. The monoisotopic (exact) mass is 741 g/mol. The van der Waals surface area contributed by atoms with Crippen LogP contribution in [0, 0.1) is 0 Å². The van der Waals surface area contributed by atoms with E-state index in [9.17, 15) is 0 Å². The number of halogens is 1. The second-order valence-electron chi connectivity index (χ2n) is 12.0. The maximum absolute atomic E-state index is 6.20. The molecule has 0 aliphatic heterocycles. The zero-order valence-corrected chi connectivity index (χ0v) is 30.3. The number of nitrogen functional groups attached to an aromatic ring is 1. The lowest BCUT2D eigenvalue weighted by Crippen LogP contribution is -2.00. The molecule has 13 nitrogen and oxygen atoms in total. The molecule has 0 bridgehead atoms. The lowest BCUT2D eigenvalue weighted by Gasteiger charge is -2.09. The summed E-state index contributed by atoms with van der Waals surface area (Å²) < 4.78 is 26.8. The van der Waals surface area contributed by atoms with E-state index in [2.05, 4.69) is 30.1 Å². The topological polar surface area (TPSA) is 150 Å². The van der Waals surface area contributed by atoms with Crippen LogP contribution in [0.2, 0.25) is 5.15 Å². The van der Waals surface area contributed by atoms with E-state index in [0.717, 1.165) is 28.0 Å². The summed E-state index contributed by atoms with van der Waals surface area (Å²) in [5.74, 6) is 3.25. The number of aromatic nitrogens is 8. The predicted molar refractivity (Wildman–Crippen MR) is 205 cm³/mol. The Morgan fingerprint density at radius 1 is 0.519 bits per heavy atom. The number of ether oxygens (including phenoxy) is 4. The third kappa shape index (κ3) is 8.65. The Morgan fingerprint density at radius 3 is 1.44 bits per heavy atom. The van der Waals surface area contributed by atoms with Gasteiger partial charge in [0.15, 0.2) is 11.3 Å². The van der Waals surface area contributed by atoms with E-state index in [1.54, 1.807) is 9.36 Å². The zero-order valence-electron chi connectivity index (χ0n) is 29.5. The largest absolute Gasteiger partial charge is 0.489 e.